The van der Waals surface area contributed by atoms with Crippen LogP contribution in [0.4, 0.5) is 0 Å². The van der Waals surface area contributed by atoms with Gasteiger partial charge in [0, 0.05) is 12.5 Å². The first-order valence-corrected chi connectivity index (χ1v) is 4.81. The SMILES string of the molecule is CCC(CCC1(C)COC1)OC. The average Bonchev–Trinajstić information content (AvgIpc) is 2.03. The Bertz CT molecular complexity index is 126. The van der Waals surface area contributed by atoms with Crippen LogP contribution in [0.3, 0.4) is 0 Å². The van der Waals surface area contributed by atoms with Crippen molar-refractivity contribution in [3.05, 3.63) is 0 Å². The van der Waals surface area contributed by atoms with Gasteiger partial charge in [0.1, 0.15) is 0 Å². The smallest absolute Gasteiger partial charge is 0.0569 e. The lowest BCUT2D eigenvalue weighted by Crippen LogP contribution is -2.40. The van der Waals surface area contributed by atoms with E-state index in [1.54, 1.807) is 7.11 Å². The number of ether oxygens (including phenoxy) is 2. The Kier molecular flexibility index (Phi) is 3.53. The van der Waals surface area contributed by atoms with Crippen LogP contribution in [-0.4, -0.2) is 26.4 Å². The van der Waals surface area contributed by atoms with E-state index in [1.807, 2.05) is 0 Å². The molecular weight excluding hydrogens is 152 g/mol. The first-order valence-electron chi connectivity index (χ1n) is 4.81. The Morgan fingerprint density at radius 1 is 1.50 bits per heavy atom. The number of methoxy groups -OCH3 is 1. The highest BCUT2D eigenvalue weighted by molar-refractivity contribution is 4.81. The Morgan fingerprint density at radius 2 is 2.17 bits per heavy atom. The number of rotatable bonds is 5. The largest absolute Gasteiger partial charge is 0.381 e. The minimum atomic E-state index is 0.447. The Balaban J connectivity index is 2.14. The molecule has 1 aliphatic heterocycles. The topological polar surface area (TPSA) is 18.5 Å². The lowest BCUT2D eigenvalue weighted by atomic mass is 9.82. The number of hydrogen-bond donors (Lipinski definition) is 0. The van der Waals surface area contributed by atoms with Gasteiger partial charge in [0.2, 0.25) is 0 Å². The van der Waals surface area contributed by atoms with E-state index in [1.165, 1.54) is 12.8 Å². The van der Waals surface area contributed by atoms with E-state index in [0.717, 1.165) is 19.6 Å². The van der Waals surface area contributed by atoms with Crippen LogP contribution in [0.1, 0.15) is 33.1 Å². The van der Waals surface area contributed by atoms with Crippen LogP contribution in [0, 0.1) is 5.41 Å². The van der Waals surface area contributed by atoms with E-state index in [-0.39, 0.29) is 0 Å². The molecule has 0 aliphatic carbocycles. The van der Waals surface area contributed by atoms with Gasteiger partial charge in [-0.25, -0.2) is 0 Å². The van der Waals surface area contributed by atoms with Gasteiger partial charge in [0.15, 0.2) is 0 Å². The van der Waals surface area contributed by atoms with E-state index in [0.29, 0.717) is 11.5 Å². The maximum atomic E-state index is 5.32. The van der Waals surface area contributed by atoms with Crippen LogP contribution >= 0.6 is 0 Å². The summed E-state index contributed by atoms with van der Waals surface area (Å²) in [6.07, 6.45) is 3.97. The van der Waals surface area contributed by atoms with E-state index < -0.39 is 0 Å². The van der Waals surface area contributed by atoms with Crippen molar-refractivity contribution in [3.8, 4) is 0 Å². The third-order valence-electron chi connectivity index (χ3n) is 2.76. The highest BCUT2D eigenvalue weighted by Gasteiger charge is 2.33. The molecule has 1 fully saturated rings. The average molecular weight is 172 g/mol. The van der Waals surface area contributed by atoms with Crippen molar-refractivity contribution < 1.29 is 9.47 Å². The van der Waals surface area contributed by atoms with Gasteiger partial charge in [-0.15, -0.1) is 0 Å². The van der Waals surface area contributed by atoms with Gasteiger partial charge in [-0.05, 0) is 19.3 Å². The van der Waals surface area contributed by atoms with Crippen LogP contribution in [-0.2, 0) is 9.47 Å². The molecule has 2 heteroatoms. The zero-order valence-corrected chi connectivity index (χ0v) is 8.43. The van der Waals surface area contributed by atoms with Crippen LogP contribution in [0.15, 0.2) is 0 Å². The fourth-order valence-electron chi connectivity index (χ4n) is 1.59. The Labute approximate surface area is 75.2 Å². The summed E-state index contributed by atoms with van der Waals surface area (Å²) >= 11 is 0. The van der Waals surface area contributed by atoms with Crippen LogP contribution in [0.25, 0.3) is 0 Å². The van der Waals surface area contributed by atoms with Gasteiger partial charge >= 0.3 is 0 Å². The Morgan fingerprint density at radius 3 is 2.50 bits per heavy atom. The van der Waals surface area contributed by atoms with Crippen molar-refractivity contribution in [1.29, 1.82) is 0 Å². The predicted molar refractivity (Wildman–Crippen MR) is 49.2 cm³/mol. The van der Waals surface area contributed by atoms with E-state index >= 15 is 0 Å². The van der Waals surface area contributed by atoms with E-state index in [9.17, 15) is 0 Å². The summed E-state index contributed by atoms with van der Waals surface area (Å²) in [5, 5.41) is 0. The molecule has 0 aromatic heterocycles. The molecule has 0 aromatic rings. The summed E-state index contributed by atoms with van der Waals surface area (Å²) in [5.74, 6) is 0. The van der Waals surface area contributed by atoms with Crippen molar-refractivity contribution in [1.82, 2.24) is 0 Å². The quantitative estimate of drug-likeness (QED) is 0.633. The molecule has 1 unspecified atom stereocenters. The molecule has 1 saturated heterocycles. The number of hydrogen-bond acceptors (Lipinski definition) is 2. The molecule has 1 atom stereocenters. The van der Waals surface area contributed by atoms with Gasteiger partial charge < -0.3 is 9.47 Å². The first-order chi connectivity index (χ1) is 5.70. The lowest BCUT2D eigenvalue weighted by molar-refractivity contribution is -0.111. The fourth-order valence-corrected chi connectivity index (χ4v) is 1.59. The van der Waals surface area contributed by atoms with Crippen molar-refractivity contribution in [2.45, 2.75) is 39.2 Å². The zero-order valence-electron chi connectivity index (χ0n) is 8.43. The standard InChI is InChI=1S/C10H20O2/c1-4-9(11-3)5-6-10(2)7-12-8-10/h9H,4-8H2,1-3H3. The van der Waals surface area contributed by atoms with E-state index in [2.05, 4.69) is 13.8 Å². The van der Waals surface area contributed by atoms with Crippen LogP contribution in [0.2, 0.25) is 0 Å². The third kappa shape index (κ3) is 2.46. The second-order valence-electron chi connectivity index (χ2n) is 4.11. The Hall–Kier alpha value is -0.0800. The molecule has 1 heterocycles. The van der Waals surface area contributed by atoms with Gasteiger partial charge in [-0.3, -0.25) is 0 Å². The molecule has 0 radical (unpaired) electrons. The predicted octanol–water partition coefficient (Wildman–Crippen LogP) is 2.23. The third-order valence-corrected chi connectivity index (χ3v) is 2.76. The molecule has 1 aliphatic rings. The molecule has 0 spiro atoms. The van der Waals surface area contributed by atoms with Crippen molar-refractivity contribution in [3.63, 3.8) is 0 Å². The maximum Gasteiger partial charge on any atom is 0.0569 e. The molecule has 0 aromatic carbocycles. The fraction of sp³-hybridized carbons (Fsp3) is 1.00. The van der Waals surface area contributed by atoms with Crippen molar-refractivity contribution in [2.24, 2.45) is 5.41 Å². The molecule has 0 bridgehead atoms. The minimum Gasteiger partial charge on any atom is -0.381 e. The molecule has 0 amide bonds. The molecule has 0 N–H and O–H groups in total. The highest BCUT2D eigenvalue weighted by atomic mass is 16.5. The van der Waals surface area contributed by atoms with Crippen LogP contribution < -0.4 is 0 Å². The van der Waals surface area contributed by atoms with Gasteiger partial charge in [-0.1, -0.05) is 13.8 Å². The summed E-state index contributed by atoms with van der Waals surface area (Å²) in [6.45, 7) is 6.34. The van der Waals surface area contributed by atoms with Gasteiger partial charge in [0.25, 0.3) is 0 Å². The van der Waals surface area contributed by atoms with E-state index in [4.69, 9.17) is 9.47 Å². The highest BCUT2D eigenvalue weighted by Crippen LogP contribution is 2.32. The lowest BCUT2D eigenvalue weighted by Gasteiger charge is -2.38. The van der Waals surface area contributed by atoms with Gasteiger partial charge in [0.05, 0.1) is 19.3 Å². The van der Waals surface area contributed by atoms with Crippen LogP contribution in [0.5, 0.6) is 0 Å². The maximum absolute atomic E-state index is 5.32. The van der Waals surface area contributed by atoms with Gasteiger partial charge in [-0.2, -0.15) is 0 Å². The summed E-state index contributed by atoms with van der Waals surface area (Å²) in [6, 6.07) is 0. The first kappa shape index (κ1) is 10.0. The molecule has 72 valence electrons. The normalized spacial score (nSPS) is 23.2. The summed E-state index contributed by atoms with van der Waals surface area (Å²) < 4.78 is 10.5. The monoisotopic (exact) mass is 172 g/mol. The molecule has 12 heavy (non-hydrogen) atoms. The molecule has 0 saturated carbocycles. The summed E-state index contributed by atoms with van der Waals surface area (Å²) in [4.78, 5) is 0. The zero-order chi connectivity index (χ0) is 9.03. The van der Waals surface area contributed by atoms with Crippen molar-refractivity contribution >= 4 is 0 Å². The second-order valence-corrected chi connectivity index (χ2v) is 4.11. The molecule has 2 nitrogen and oxygen atoms in total. The second kappa shape index (κ2) is 4.24. The molecule has 1 rings (SSSR count). The summed E-state index contributed by atoms with van der Waals surface area (Å²) in [5.41, 5.74) is 0.450. The molecular formula is C10H20O2. The van der Waals surface area contributed by atoms with Crippen molar-refractivity contribution in [2.75, 3.05) is 20.3 Å². The minimum absolute atomic E-state index is 0.447. The summed E-state index contributed by atoms with van der Waals surface area (Å²) in [7, 11) is 1.80.